The molecule has 0 spiro atoms. The third-order valence-corrected chi connectivity index (χ3v) is 6.79. The molecule has 8 nitrogen and oxygen atoms in total. The van der Waals surface area contributed by atoms with Crippen LogP contribution in [0.5, 0.6) is 5.75 Å². The van der Waals surface area contributed by atoms with Crippen LogP contribution >= 0.6 is 23.1 Å². The van der Waals surface area contributed by atoms with Crippen molar-refractivity contribution in [1.29, 1.82) is 0 Å². The number of benzene rings is 2. The molecule has 0 saturated carbocycles. The molecule has 10 heteroatoms. The fourth-order valence-corrected chi connectivity index (χ4v) is 4.81. The molecule has 1 aromatic heterocycles. The number of ether oxygens (including phenoxy) is 2. The molecule has 4 rings (SSSR count). The lowest BCUT2D eigenvalue weighted by Gasteiger charge is -2.26. The summed E-state index contributed by atoms with van der Waals surface area (Å²) in [5.74, 6) is 0.582. The second-order valence-electron chi connectivity index (χ2n) is 6.88. The molecule has 3 aromatic rings. The number of amides is 2. The maximum absolute atomic E-state index is 12.1. The Morgan fingerprint density at radius 2 is 1.97 bits per heavy atom. The van der Waals surface area contributed by atoms with Gasteiger partial charge in [0.1, 0.15) is 5.75 Å². The number of carbonyl (C=O) groups excluding carboxylic acids is 2. The van der Waals surface area contributed by atoms with E-state index in [1.165, 1.54) is 11.8 Å². The Hall–Kier alpha value is -2.95. The number of aromatic nitrogens is 1. The molecule has 1 fully saturated rings. The molecule has 1 N–H and O–H groups in total. The summed E-state index contributed by atoms with van der Waals surface area (Å²) >= 11 is 2.95. The van der Waals surface area contributed by atoms with Gasteiger partial charge in [0.15, 0.2) is 10.9 Å². The van der Waals surface area contributed by atoms with E-state index in [4.69, 9.17) is 9.47 Å². The number of morpholine rings is 1. The lowest BCUT2D eigenvalue weighted by atomic mass is 10.2. The van der Waals surface area contributed by atoms with E-state index in [-0.39, 0.29) is 24.2 Å². The zero-order valence-electron chi connectivity index (χ0n) is 17.2. The largest absolute Gasteiger partial charge is 0.484 e. The van der Waals surface area contributed by atoms with Crippen molar-refractivity contribution >= 4 is 51.3 Å². The van der Waals surface area contributed by atoms with E-state index in [0.29, 0.717) is 32.1 Å². The predicted molar refractivity (Wildman–Crippen MR) is 125 cm³/mol. The van der Waals surface area contributed by atoms with E-state index in [2.05, 4.69) is 15.5 Å². The van der Waals surface area contributed by atoms with Gasteiger partial charge in [-0.15, -0.1) is 11.3 Å². The van der Waals surface area contributed by atoms with Gasteiger partial charge in [-0.3, -0.25) is 9.59 Å². The molecule has 2 heterocycles. The first-order valence-electron chi connectivity index (χ1n) is 10.1. The monoisotopic (exact) mass is 470 g/mol. The van der Waals surface area contributed by atoms with Gasteiger partial charge in [-0.2, -0.15) is 5.10 Å². The molecule has 1 aliphatic heterocycles. The van der Waals surface area contributed by atoms with Crippen LogP contribution in [0.1, 0.15) is 5.56 Å². The first-order chi connectivity index (χ1) is 15.7. The Labute approximate surface area is 193 Å². The van der Waals surface area contributed by atoms with Crippen LogP contribution in [-0.4, -0.2) is 66.6 Å². The Bertz CT molecular complexity index is 1060. The predicted octanol–water partition coefficient (Wildman–Crippen LogP) is 2.78. The van der Waals surface area contributed by atoms with Gasteiger partial charge >= 0.3 is 0 Å². The summed E-state index contributed by atoms with van der Waals surface area (Å²) in [4.78, 5) is 30.4. The summed E-state index contributed by atoms with van der Waals surface area (Å²) in [5.41, 5.74) is 4.26. The Balaban J connectivity index is 1.18. The zero-order valence-corrected chi connectivity index (χ0v) is 18.9. The number of para-hydroxylation sites is 1. The molecule has 2 aromatic carbocycles. The van der Waals surface area contributed by atoms with Crippen molar-refractivity contribution in [2.24, 2.45) is 5.10 Å². The molecule has 0 aliphatic carbocycles. The zero-order chi connectivity index (χ0) is 22.2. The van der Waals surface area contributed by atoms with Crippen LogP contribution < -0.4 is 10.2 Å². The van der Waals surface area contributed by atoms with Crippen LogP contribution in [0.2, 0.25) is 0 Å². The quantitative estimate of drug-likeness (QED) is 0.309. The Kier molecular flexibility index (Phi) is 7.70. The highest BCUT2D eigenvalue weighted by atomic mass is 32.2. The summed E-state index contributed by atoms with van der Waals surface area (Å²) in [6.07, 6.45) is 1.56. The van der Waals surface area contributed by atoms with Crippen LogP contribution in [0.4, 0.5) is 0 Å². The van der Waals surface area contributed by atoms with Gasteiger partial charge in [0.2, 0.25) is 0 Å². The van der Waals surface area contributed by atoms with Crippen molar-refractivity contribution in [3.8, 4) is 5.75 Å². The molecule has 166 valence electrons. The number of hydrazone groups is 1. The first kappa shape index (κ1) is 22.3. The minimum absolute atomic E-state index is 0.00415. The average Bonchev–Trinajstić information content (AvgIpc) is 3.26. The number of fused-ring (bicyclic) bond motifs is 1. The van der Waals surface area contributed by atoms with Gasteiger partial charge in [0.05, 0.1) is 35.4 Å². The molecule has 1 saturated heterocycles. The van der Waals surface area contributed by atoms with Gasteiger partial charge < -0.3 is 14.4 Å². The van der Waals surface area contributed by atoms with Gasteiger partial charge in [-0.05, 0) is 42.0 Å². The molecule has 1 aliphatic rings. The number of nitrogens with one attached hydrogen (secondary N) is 1. The van der Waals surface area contributed by atoms with Crippen molar-refractivity contribution in [2.75, 3.05) is 38.7 Å². The molecule has 0 atom stereocenters. The second-order valence-corrected chi connectivity index (χ2v) is 9.13. The summed E-state index contributed by atoms with van der Waals surface area (Å²) < 4.78 is 12.8. The first-order valence-corrected chi connectivity index (χ1v) is 11.9. The minimum Gasteiger partial charge on any atom is -0.484 e. The standard InChI is InChI=1S/C22H22N4O4S2/c27-20(15-31-22-24-18-3-1-2-4-19(18)32-22)25-23-13-16-5-7-17(8-6-16)30-14-21(28)26-9-11-29-12-10-26/h1-8,13H,9-12,14-15H2,(H,25,27)/b23-13+. The highest BCUT2D eigenvalue weighted by Crippen LogP contribution is 2.29. The average molecular weight is 471 g/mol. The van der Waals surface area contributed by atoms with E-state index in [1.807, 2.05) is 24.3 Å². The third-order valence-electron chi connectivity index (χ3n) is 4.61. The lowest BCUT2D eigenvalue weighted by Crippen LogP contribution is -2.42. The number of nitrogens with zero attached hydrogens (tertiary/aromatic N) is 3. The highest BCUT2D eigenvalue weighted by molar-refractivity contribution is 8.01. The second kappa shape index (κ2) is 11.1. The number of rotatable bonds is 8. The summed E-state index contributed by atoms with van der Waals surface area (Å²) in [5, 5.41) is 3.99. The van der Waals surface area contributed by atoms with Crippen LogP contribution in [0.25, 0.3) is 10.2 Å². The van der Waals surface area contributed by atoms with E-state index < -0.39 is 0 Å². The summed E-state index contributed by atoms with van der Waals surface area (Å²) in [6.45, 7) is 2.33. The van der Waals surface area contributed by atoms with Crippen LogP contribution in [0, 0.1) is 0 Å². The smallest absolute Gasteiger partial charge is 0.260 e. The van der Waals surface area contributed by atoms with Crippen molar-refractivity contribution in [2.45, 2.75) is 4.34 Å². The number of carbonyl (C=O) groups is 2. The highest BCUT2D eigenvalue weighted by Gasteiger charge is 2.17. The normalized spacial score (nSPS) is 14.1. The van der Waals surface area contributed by atoms with Gasteiger partial charge in [-0.1, -0.05) is 23.9 Å². The number of hydrogen-bond donors (Lipinski definition) is 1. The van der Waals surface area contributed by atoms with E-state index in [9.17, 15) is 9.59 Å². The molecule has 0 radical (unpaired) electrons. The molecule has 32 heavy (non-hydrogen) atoms. The Morgan fingerprint density at radius 1 is 1.19 bits per heavy atom. The maximum atomic E-state index is 12.1. The van der Waals surface area contributed by atoms with Crippen molar-refractivity contribution < 1.29 is 19.1 Å². The molecule has 2 amide bonds. The SMILES string of the molecule is O=C(CSc1nc2ccccc2s1)N/N=C/c1ccc(OCC(=O)N2CCOCC2)cc1. The lowest BCUT2D eigenvalue weighted by molar-refractivity contribution is -0.137. The Morgan fingerprint density at radius 3 is 2.75 bits per heavy atom. The van der Waals surface area contributed by atoms with E-state index in [0.717, 1.165) is 20.1 Å². The van der Waals surface area contributed by atoms with Crippen molar-refractivity contribution in [3.05, 3.63) is 54.1 Å². The number of hydrogen-bond acceptors (Lipinski definition) is 8. The third kappa shape index (κ3) is 6.28. The molecule has 0 bridgehead atoms. The fourth-order valence-electron chi connectivity index (χ4n) is 2.95. The van der Waals surface area contributed by atoms with E-state index in [1.54, 1.807) is 46.7 Å². The molecular weight excluding hydrogens is 448 g/mol. The van der Waals surface area contributed by atoms with Crippen LogP contribution in [0.3, 0.4) is 0 Å². The van der Waals surface area contributed by atoms with E-state index >= 15 is 0 Å². The fraction of sp³-hybridized carbons (Fsp3) is 0.273. The molecule has 0 unspecified atom stereocenters. The van der Waals surface area contributed by atoms with Crippen molar-refractivity contribution in [3.63, 3.8) is 0 Å². The summed E-state index contributed by atoms with van der Waals surface area (Å²) in [6, 6.07) is 15.0. The van der Waals surface area contributed by atoms with Crippen LogP contribution in [0.15, 0.2) is 58.0 Å². The maximum Gasteiger partial charge on any atom is 0.260 e. The summed E-state index contributed by atoms with van der Waals surface area (Å²) in [7, 11) is 0. The molecular formula is C22H22N4O4S2. The van der Waals surface area contributed by atoms with Gasteiger partial charge in [0.25, 0.3) is 11.8 Å². The topological polar surface area (TPSA) is 93.1 Å². The minimum atomic E-state index is -0.202. The van der Waals surface area contributed by atoms with Crippen molar-refractivity contribution in [1.82, 2.24) is 15.3 Å². The van der Waals surface area contributed by atoms with Gasteiger partial charge in [-0.25, -0.2) is 10.4 Å². The van der Waals surface area contributed by atoms with Crippen LogP contribution in [-0.2, 0) is 14.3 Å². The number of thioether (sulfide) groups is 1. The number of thiazole rings is 1. The van der Waals surface area contributed by atoms with Gasteiger partial charge in [0, 0.05) is 13.1 Å².